The first-order valence-electron chi connectivity index (χ1n) is 1.96. The fraction of sp³-hybridized carbons (Fsp3) is 0. The summed E-state index contributed by atoms with van der Waals surface area (Å²) in [5.74, 6) is 0. The summed E-state index contributed by atoms with van der Waals surface area (Å²) in [4.78, 5) is 3.83. The summed E-state index contributed by atoms with van der Waals surface area (Å²) in [7, 11) is 0. The molecule has 0 amide bonds. The van der Waals surface area contributed by atoms with Crippen molar-refractivity contribution in [2.45, 2.75) is 0 Å². The van der Waals surface area contributed by atoms with E-state index in [4.69, 9.17) is 0 Å². The molecule has 0 spiro atoms. The second kappa shape index (κ2) is 2.10. The summed E-state index contributed by atoms with van der Waals surface area (Å²) in [5.41, 5.74) is 0. The quantitative estimate of drug-likeness (QED) is 0.478. The van der Waals surface area contributed by atoms with E-state index in [1.165, 1.54) is 0 Å². The fourth-order valence-electron chi connectivity index (χ4n) is 0.338. The summed E-state index contributed by atoms with van der Waals surface area (Å²) in [6, 6.07) is 3.83. The van der Waals surface area contributed by atoms with Crippen LogP contribution in [0.15, 0.2) is 24.5 Å². The van der Waals surface area contributed by atoms with Gasteiger partial charge in [0.2, 0.25) is 0 Å². The van der Waals surface area contributed by atoms with Crippen LogP contribution in [-0.4, -0.2) is 21.0 Å². The topological polar surface area (TPSA) is 12.9 Å². The molecule has 7 heavy (non-hydrogen) atoms. The molecule has 0 atom stereocenters. The number of hydrogen-bond donors (Lipinski definition) is 0. The number of rotatable bonds is 0. The van der Waals surface area contributed by atoms with Crippen molar-refractivity contribution in [1.82, 2.24) is 4.98 Å². The van der Waals surface area contributed by atoms with Gasteiger partial charge in [0.15, 0.2) is 0 Å². The van der Waals surface area contributed by atoms with Crippen LogP contribution >= 0.6 is 0 Å². The van der Waals surface area contributed by atoms with E-state index in [0.717, 1.165) is 4.46 Å². The molecule has 0 aliphatic heterocycles. The van der Waals surface area contributed by atoms with Gasteiger partial charge < -0.3 is 0 Å². The van der Waals surface area contributed by atoms with Crippen molar-refractivity contribution in [3.05, 3.63) is 24.5 Å². The molecular formula is C5H4NSe. The van der Waals surface area contributed by atoms with E-state index >= 15 is 0 Å². The van der Waals surface area contributed by atoms with Crippen LogP contribution in [0.2, 0.25) is 0 Å². The Kier molecular flexibility index (Phi) is 1.45. The van der Waals surface area contributed by atoms with E-state index in [1.54, 1.807) is 12.4 Å². The number of nitrogens with zero attached hydrogens (tertiary/aromatic N) is 1. The number of aromatic nitrogens is 1. The Balaban J connectivity index is 3.02. The third-order valence-electron chi connectivity index (χ3n) is 0.650. The van der Waals surface area contributed by atoms with E-state index in [-0.39, 0.29) is 0 Å². The Morgan fingerprint density at radius 3 is 2.14 bits per heavy atom. The Labute approximate surface area is 50.6 Å². The van der Waals surface area contributed by atoms with Gasteiger partial charge in [-0.2, -0.15) is 0 Å². The summed E-state index contributed by atoms with van der Waals surface area (Å²) < 4.78 is 1.13. The van der Waals surface area contributed by atoms with Crippen LogP contribution in [0, 0.1) is 0 Å². The summed E-state index contributed by atoms with van der Waals surface area (Å²) in [5, 5.41) is 0. The van der Waals surface area contributed by atoms with Crippen molar-refractivity contribution < 1.29 is 0 Å². The fourth-order valence-corrected chi connectivity index (χ4v) is 0.594. The Hall–Kier alpha value is -0.331. The van der Waals surface area contributed by atoms with E-state index < -0.39 is 0 Å². The van der Waals surface area contributed by atoms with E-state index in [0.29, 0.717) is 0 Å². The Bertz CT molecular complexity index is 138. The second-order valence-corrected chi connectivity index (χ2v) is 2.17. The van der Waals surface area contributed by atoms with Crippen LogP contribution in [0.25, 0.3) is 0 Å². The molecule has 0 aromatic carbocycles. The molecule has 1 rings (SSSR count). The number of hydrogen-bond acceptors (Lipinski definition) is 1. The second-order valence-electron chi connectivity index (χ2n) is 1.18. The van der Waals surface area contributed by atoms with Crippen LogP contribution in [-0.2, 0) is 0 Å². The van der Waals surface area contributed by atoms with Gasteiger partial charge in [-0.3, -0.25) is 0 Å². The molecule has 0 N–H and O–H groups in total. The third kappa shape index (κ3) is 1.30. The van der Waals surface area contributed by atoms with Gasteiger partial charge in [0.1, 0.15) is 0 Å². The van der Waals surface area contributed by atoms with E-state index in [9.17, 15) is 0 Å². The van der Waals surface area contributed by atoms with Crippen molar-refractivity contribution in [2.75, 3.05) is 0 Å². The molecule has 0 aliphatic carbocycles. The molecule has 1 nitrogen and oxygen atoms in total. The monoisotopic (exact) mass is 158 g/mol. The zero-order valence-electron chi connectivity index (χ0n) is 3.66. The molecule has 1 radical (unpaired) electrons. The first-order valence-corrected chi connectivity index (χ1v) is 2.82. The van der Waals surface area contributed by atoms with Crippen molar-refractivity contribution in [2.24, 2.45) is 0 Å². The molecule has 0 aliphatic rings. The van der Waals surface area contributed by atoms with Crippen LogP contribution in [0.4, 0.5) is 0 Å². The average molecular weight is 157 g/mol. The maximum atomic E-state index is 3.83. The Morgan fingerprint density at radius 1 is 1.29 bits per heavy atom. The van der Waals surface area contributed by atoms with Crippen molar-refractivity contribution in [3.8, 4) is 0 Å². The van der Waals surface area contributed by atoms with Gasteiger partial charge in [0.25, 0.3) is 0 Å². The van der Waals surface area contributed by atoms with Crippen LogP contribution in [0.5, 0.6) is 0 Å². The molecule has 0 fully saturated rings. The van der Waals surface area contributed by atoms with Crippen LogP contribution < -0.4 is 4.46 Å². The minimum absolute atomic E-state index is 1.13. The van der Waals surface area contributed by atoms with Crippen LogP contribution in [0.3, 0.4) is 0 Å². The molecule has 1 aromatic rings. The van der Waals surface area contributed by atoms with Crippen LogP contribution in [0.1, 0.15) is 0 Å². The van der Waals surface area contributed by atoms with Crippen molar-refractivity contribution in [1.29, 1.82) is 0 Å². The van der Waals surface area contributed by atoms with Gasteiger partial charge in [0.05, 0.1) is 0 Å². The Morgan fingerprint density at radius 2 is 1.86 bits per heavy atom. The van der Waals surface area contributed by atoms with Gasteiger partial charge >= 0.3 is 50.0 Å². The van der Waals surface area contributed by atoms with Gasteiger partial charge in [-0.25, -0.2) is 0 Å². The molecule has 0 saturated heterocycles. The molecule has 0 unspecified atom stereocenters. The predicted molar refractivity (Wildman–Crippen MR) is 29.6 cm³/mol. The first kappa shape index (κ1) is 4.82. The number of pyridine rings is 1. The zero-order chi connectivity index (χ0) is 5.11. The molecule has 35 valence electrons. The molecule has 0 bridgehead atoms. The van der Waals surface area contributed by atoms with E-state index in [1.807, 2.05) is 12.1 Å². The SMILES string of the molecule is [Se]c1ccncc1. The minimum atomic E-state index is 1.13. The summed E-state index contributed by atoms with van der Waals surface area (Å²) in [6.45, 7) is 0. The molecule has 2 heteroatoms. The standard InChI is InChI=1S/C5H4NSe/c7-5-1-3-6-4-2-5/h1-4H. The zero-order valence-corrected chi connectivity index (χ0v) is 5.38. The predicted octanol–water partition coefficient (Wildman–Crippen LogP) is -0.125. The maximum absolute atomic E-state index is 3.83. The average Bonchev–Trinajstić information content (AvgIpc) is 1.69. The normalized spacial score (nSPS) is 8.57. The van der Waals surface area contributed by atoms with Crippen molar-refractivity contribution >= 4 is 20.5 Å². The van der Waals surface area contributed by atoms with Gasteiger partial charge in [-0.05, 0) is 0 Å². The van der Waals surface area contributed by atoms with Gasteiger partial charge in [-0.1, -0.05) is 0 Å². The summed E-state index contributed by atoms with van der Waals surface area (Å²) >= 11 is 2.86. The van der Waals surface area contributed by atoms with Gasteiger partial charge in [-0.15, -0.1) is 0 Å². The summed E-state index contributed by atoms with van der Waals surface area (Å²) in [6.07, 6.45) is 3.51. The molecule has 1 heterocycles. The molecule has 0 saturated carbocycles. The third-order valence-corrected chi connectivity index (χ3v) is 1.22. The first-order chi connectivity index (χ1) is 3.39. The molecular weight excluding hydrogens is 153 g/mol. The van der Waals surface area contributed by atoms with Crippen molar-refractivity contribution in [3.63, 3.8) is 0 Å². The van der Waals surface area contributed by atoms with Gasteiger partial charge in [0, 0.05) is 0 Å². The molecule has 1 aromatic heterocycles. The van der Waals surface area contributed by atoms with E-state index in [2.05, 4.69) is 21.0 Å².